The van der Waals surface area contributed by atoms with Gasteiger partial charge in [0.1, 0.15) is 0 Å². The quantitative estimate of drug-likeness (QED) is 0.887. The Balaban J connectivity index is 2.47. The molecule has 2 aromatic heterocycles. The number of aryl methyl sites for hydroxylation is 2. The van der Waals surface area contributed by atoms with E-state index in [4.69, 9.17) is 10.2 Å². The van der Waals surface area contributed by atoms with E-state index in [1.54, 1.807) is 26.0 Å². The first-order valence-corrected chi connectivity index (χ1v) is 5.82. The summed E-state index contributed by atoms with van der Waals surface area (Å²) in [4.78, 5) is 30.2. The molecule has 0 atom stereocenters. The van der Waals surface area contributed by atoms with Crippen LogP contribution in [0.15, 0.2) is 24.3 Å². The molecule has 0 aliphatic heterocycles. The lowest BCUT2D eigenvalue weighted by Crippen LogP contribution is -2.04. The summed E-state index contributed by atoms with van der Waals surface area (Å²) < 4.78 is 0. The summed E-state index contributed by atoms with van der Waals surface area (Å²) in [5.74, 6) is -2.07. The second kappa shape index (κ2) is 5.08. The fourth-order valence-corrected chi connectivity index (χ4v) is 1.86. The molecule has 102 valence electrons. The third kappa shape index (κ3) is 2.49. The lowest BCUT2D eigenvalue weighted by atomic mass is 10.1. The topological polar surface area (TPSA) is 100 Å². The summed E-state index contributed by atoms with van der Waals surface area (Å²) in [7, 11) is 0. The van der Waals surface area contributed by atoms with Gasteiger partial charge in [0.2, 0.25) is 0 Å². The molecule has 0 saturated heterocycles. The minimum atomic E-state index is -1.04. The molecule has 0 spiro atoms. The fourth-order valence-electron chi connectivity index (χ4n) is 1.86. The molecule has 2 aromatic rings. The highest BCUT2D eigenvalue weighted by Crippen LogP contribution is 2.19. The molecule has 0 amide bonds. The minimum absolute atomic E-state index is 0.132. The third-order valence-corrected chi connectivity index (χ3v) is 2.89. The Hall–Kier alpha value is -2.76. The monoisotopic (exact) mass is 272 g/mol. The Bertz CT molecular complexity index is 649. The molecule has 2 heterocycles. The van der Waals surface area contributed by atoms with Gasteiger partial charge in [0.05, 0.1) is 33.9 Å². The van der Waals surface area contributed by atoms with Gasteiger partial charge in [0, 0.05) is 0 Å². The van der Waals surface area contributed by atoms with Crippen LogP contribution in [-0.4, -0.2) is 32.1 Å². The second-order valence-corrected chi connectivity index (χ2v) is 4.27. The van der Waals surface area contributed by atoms with Gasteiger partial charge >= 0.3 is 11.9 Å². The van der Waals surface area contributed by atoms with Gasteiger partial charge in [-0.15, -0.1) is 0 Å². The molecular formula is C14H12N2O4. The Morgan fingerprint density at radius 2 is 1.15 bits per heavy atom. The second-order valence-electron chi connectivity index (χ2n) is 4.27. The molecule has 2 rings (SSSR count). The van der Waals surface area contributed by atoms with Crippen molar-refractivity contribution in [2.45, 2.75) is 13.8 Å². The Morgan fingerprint density at radius 3 is 1.40 bits per heavy atom. The number of carbonyl (C=O) groups is 2. The van der Waals surface area contributed by atoms with Gasteiger partial charge in [-0.25, -0.2) is 9.59 Å². The minimum Gasteiger partial charge on any atom is -0.478 e. The zero-order valence-corrected chi connectivity index (χ0v) is 10.9. The van der Waals surface area contributed by atoms with Gasteiger partial charge in [0.25, 0.3) is 0 Å². The summed E-state index contributed by atoms with van der Waals surface area (Å²) in [5.41, 5.74) is 2.05. The molecule has 0 aromatic carbocycles. The largest absolute Gasteiger partial charge is 0.478 e. The number of pyridine rings is 2. The average Bonchev–Trinajstić information content (AvgIpc) is 2.37. The van der Waals surface area contributed by atoms with Gasteiger partial charge in [-0.3, -0.25) is 9.97 Å². The van der Waals surface area contributed by atoms with E-state index in [1.807, 2.05) is 0 Å². The lowest BCUT2D eigenvalue weighted by Gasteiger charge is -2.06. The summed E-state index contributed by atoms with van der Waals surface area (Å²) in [6, 6.07) is 6.03. The van der Waals surface area contributed by atoms with Crippen LogP contribution >= 0.6 is 0 Å². The Morgan fingerprint density at radius 1 is 0.800 bits per heavy atom. The predicted octanol–water partition coefficient (Wildman–Crippen LogP) is 2.16. The van der Waals surface area contributed by atoms with Gasteiger partial charge in [-0.05, 0) is 38.1 Å². The fraction of sp³-hybridized carbons (Fsp3) is 0.143. The molecule has 0 fully saturated rings. The molecule has 0 unspecified atom stereocenters. The number of aromatic nitrogens is 2. The van der Waals surface area contributed by atoms with Crippen molar-refractivity contribution in [2.75, 3.05) is 0 Å². The van der Waals surface area contributed by atoms with Crippen molar-refractivity contribution >= 4 is 11.9 Å². The van der Waals surface area contributed by atoms with Crippen LogP contribution in [0.25, 0.3) is 11.4 Å². The van der Waals surface area contributed by atoms with Crippen LogP contribution < -0.4 is 0 Å². The van der Waals surface area contributed by atoms with Gasteiger partial charge in [0.15, 0.2) is 0 Å². The normalized spacial score (nSPS) is 10.3. The maximum absolute atomic E-state index is 10.9. The molecule has 6 heteroatoms. The Labute approximate surface area is 114 Å². The summed E-state index contributed by atoms with van der Waals surface area (Å²) >= 11 is 0. The van der Waals surface area contributed by atoms with E-state index in [9.17, 15) is 9.59 Å². The van der Waals surface area contributed by atoms with Crippen molar-refractivity contribution in [1.29, 1.82) is 0 Å². The van der Waals surface area contributed by atoms with Crippen LogP contribution in [0.2, 0.25) is 0 Å². The van der Waals surface area contributed by atoms with Gasteiger partial charge in [-0.1, -0.05) is 0 Å². The van der Waals surface area contributed by atoms with E-state index >= 15 is 0 Å². The van der Waals surface area contributed by atoms with Crippen LogP contribution in [-0.2, 0) is 0 Å². The van der Waals surface area contributed by atoms with Crippen LogP contribution in [0.4, 0.5) is 0 Å². The molecule has 6 nitrogen and oxygen atoms in total. The van der Waals surface area contributed by atoms with Crippen LogP contribution in [0.3, 0.4) is 0 Å². The highest BCUT2D eigenvalue weighted by atomic mass is 16.4. The predicted molar refractivity (Wildman–Crippen MR) is 70.9 cm³/mol. The van der Waals surface area contributed by atoms with Crippen molar-refractivity contribution in [3.05, 3.63) is 46.8 Å². The zero-order chi connectivity index (χ0) is 14.9. The summed E-state index contributed by atoms with van der Waals surface area (Å²) in [5, 5.41) is 17.9. The van der Waals surface area contributed by atoms with Crippen LogP contribution in [0.1, 0.15) is 32.1 Å². The van der Waals surface area contributed by atoms with E-state index in [-0.39, 0.29) is 11.1 Å². The van der Waals surface area contributed by atoms with Crippen LogP contribution in [0, 0.1) is 13.8 Å². The molecule has 20 heavy (non-hydrogen) atoms. The standard InChI is InChI=1S/C14H12N2O4/c1-7-9(13(17)18)3-5-11(15-7)12-6-4-10(14(19)20)8(2)16-12/h3-6H,1-2H3,(H,17,18)(H,19,20). The number of hydrogen-bond acceptors (Lipinski definition) is 4. The Kier molecular flexibility index (Phi) is 3.47. The average molecular weight is 272 g/mol. The van der Waals surface area contributed by atoms with Crippen molar-refractivity contribution in [2.24, 2.45) is 0 Å². The first-order valence-electron chi connectivity index (χ1n) is 5.82. The van der Waals surface area contributed by atoms with E-state index in [0.717, 1.165) is 0 Å². The third-order valence-electron chi connectivity index (χ3n) is 2.89. The van der Waals surface area contributed by atoms with Gasteiger partial charge in [-0.2, -0.15) is 0 Å². The number of rotatable bonds is 3. The number of aromatic carboxylic acids is 2. The van der Waals surface area contributed by atoms with Crippen molar-refractivity contribution in [1.82, 2.24) is 9.97 Å². The molecule has 0 saturated carbocycles. The van der Waals surface area contributed by atoms with E-state index in [2.05, 4.69) is 9.97 Å². The molecule has 2 N–H and O–H groups in total. The molecular weight excluding hydrogens is 260 g/mol. The lowest BCUT2D eigenvalue weighted by molar-refractivity contribution is 0.0684. The first-order chi connectivity index (χ1) is 9.40. The van der Waals surface area contributed by atoms with Crippen LogP contribution in [0.5, 0.6) is 0 Å². The maximum Gasteiger partial charge on any atom is 0.337 e. The molecule has 0 bridgehead atoms. The van der Waals surface area contributed by atoms with E-state index in [1.165, 1.54) is 12.1 Å². The van der Waals surface area contributed by atoms with Crippen molar-refractivity contribution < 1.29 is 19.8 Å². The SMILES string of the molecule is Cc1nc(-c2ccc(C(=O)O)c(C)n2)ccc1C(=O)O. The van der Waals surface area contributed by atoms with E-state index in [0.29, 0.717) is 22.8 Å². The number of carboxylic acids is 2. The number of nitrogens with zero attached hydrogens (tertiary/aromatic N) is 2. The smallest absolute Gasteiger partial charge is 0.337 e. The summed E-state index contributed by atoms with van der Waals surface area (Å²) in [6.45, 7) is 3.21. The molecule has 0 radical (unpaired) electrons. The van der Waals surface area contributed by atoms with Crippen molar-refractivity contribution in [3.8, 4) is 11.4 Å². The van der Waals surface area contributed by atoms with Gasteiger partial charge < -0.3 is 10.2 Å². The highest BCUT2D eigenvalue weighted by molar-refractivity contribution is 5.90. The maximum atomic E-state index is 10.9. The number of hydrogen-bond donors (Lipinski definition) is 2. The highest BCUT2D eigenvalue weighted by Gasteiger charge is 2.13. The molecule has 0 aliphatic carbocycles. The summed E-state index contributed by atoms with van der Waals surface area (Å²) in [6.07, 6.45) is 0. The van der Waals surface area contributed by atoms with Crippen molar-refractivity contribution in [3.63, 3.8) is 0 Å². The first kappa shape index (κ1) is 13.7. The number of carboxylic acid groups (broad SMARTS) is 2. The molecule has 0 aliphatic rings. The zero-order valence-electron chi connectivity index (χ0n) is 10.9. The van der Waals surface area contributed by atoms with E-state index < -0.39 is 11.9 Å².